The highest BCUT2D eigenvalue weighted by Gasteiger charge is 2.14. The van der Waals surface area contributed by atoms with E-state index in [1.807, 2.05) is 0 Å². The van der Waals surface area contributed by atoms with E-state index in [-0.39, 0.29) is 6.42 Å². The summed E-state index contributed by atoms with van der Waals surface area (Å²) in [7, 11) is 0. The first-order valence-electron chi connectivity index (χ1n) is 7.93. The minimum Gasteiger partial charge on any atom is -0.390 e. The lowest BCUT2D eigenvalue weighted by molar-refractivity contribution is 0.0175. The van der Waals surface area contributed by atoms with Crippen LogP contribution >= 0.6 is 0 Å². The van der Waals surface area contributed by atoms with Gasteiger partial charge in [0.25, 0.3) is 0 Å². The van der Waals surface area contributed by atoms with Crippen molar-refractivity contribution in [1.82, 2.24) is 0 Å². The first-order chi connectivity index (χ1) is 9.22. The van der Waals surface area contributed by atoms with Gasteiger partial charge in [0.15, 0.2) is 0 Å². The summed E-state index contributed by atoms with van der Waals surface area (Å²) in [5, 5.41) is 18.9. The molecule has 0 amide bonds. The molecule has 0 aliphatic rings. The number of hydrogen-bond donors (Lipinski definition) is 2. The molecule has 0 aliphatic carbocycles. The van der Waals surface area contributed by atoms with Crippen molar-refractivity contribution in [2.45, 2.75) is 96.2 Å². The number of aliphatic hydroxyl groups is 2. The normalized spacial score (nSPS) is 14.3. The molecule has 2 unspecified atom stereocenters. The van der Waals surface area contributed by atoms with Gasteiger partial charge in [0.2, 0.25) is 6.29 Å². The van der Waals surface area contributed by atoms with Crippen molar-refractivity contribution in [1.29, 1.82) is 0 Å². The van der Waals surface area contributed by atoms with Gasteiger partial charge in [-0.25, -0.2) is 0 Å². The van der Waals surface area contributed by atoms with Gasteiger partial charge in [-0.3, -0.25) is 4.79 Å². The summed E-state index contributed by atoms with van der Waals surface area (Å²) in [4.78, 5) is 10.1. The van der Waals surface area contributed by atoms with Crippen molar-refractivity contribution < 1.29 is 15.0 Å². The van der Waals surface area contributed by atoms with Gasteiger partial charge < -0.3 is 10.2 Å². The smallest absolute Gasteiger partial charge is 0.201 e. The zero-order chi connectivity index (χ0) is 14.3. The van der Waals surface area contributed by atoms with E-state index in [9.17, 15) is 15.0 Å². The molecule has 1 radical (unpaired) electrons. The highest BCUT2D eigenvalue weighted by atomic mass is 16.3. The Morgan fingerprint density at radius 2 is 1.26 bits per heavy atom. The van der Waals surface area contributed by atoms with Crippen molar-refractivity contribution in [3.8, 4) is 0 Å². The molecule has 0 spiro atoms. The number of rotatable bonds is 14. The van der Waals surface area contributed by atoms with Crippen LogP contribution in [0.15, 0.2) is 0 Å². The molecule has 2 atom stereocenters. The minimum absolute atomic E-state index is 0.0844. The predicted molar refractivity (Wildman–Crippen MR) is 78.8 cm³/mol. The van der Waals surface area contributed by atoms with Gasteiger partial charge in [0, 0.05) is 6.42 Å². The molecule has 0 aromatic rings. The van der Waals surface area contributed by atoms with Crippen molar-refractivity contribution >= 4 is 6.29 Å². The van der Waals surface area contributed by atoms with Gasteiger partial charge in [-0.15, -0.1) is 0 Å². The maximum Gasteiger partial charge on any atom is 0.201 e. The van der Waals surface area contributed by atoms with Crippen LogP contribution in [0.5, 0.6) is 0 Å². The van der Waals surface area contributed by atoms with Crippen molar-refractivity contribution in [2.75, 3.05) is 0 Å². The first-order valence-corrected chi connectivity index (χ1v) is 7.93. The SMILES string of the molecule is CCCCCCCCCCCCC(O)C(O)C[C]=O. The maximum atomic E-state index is 10.1. The molecule has 3 nitrogen and oxygen atoms in total. The monoisotopic (exact) mass is 271 g/mol. The molecule has 0 fully saturated rings. The van der Waals surface area contributed by atoms with E-state index < -0.39 is 12.2 Å². The van der Waals surface area contributed by atoms with Gasteiger partial charge in [0.05, 0.1) is 12.2 Å². The summed E-state index contributed by atoms with van der Waals surface area (Å²) in [6.07, 6.45) is 13.0. The van der Waals surface area contributed by atoms with Crippen LogP contribution in [-0.2, 0) is 4.79 Å². The molecule has 19 heavy (non-hydrogen) atoms. The van der Waals surface area contributed by atoms with Gasteiger partial charge in [-0.2, -0.15) is 0 Å². The zero-order valence-corrected chi connectivity index (χ0v) is 12.4. The third-order valence-corrected chi connectivity index (χ3v) is 3.59. The fourth-order valence-electron chi connectivity index (χ4n) is 2.25. The topological polar surface area (TPSA) is 57.5 Å². The average molecular weight is 271 g/mol. The summed E-state index contributed by atoms with van der Waals surface area (Å²) < 4.78 is 0. The molecule has 0 aromatic carbocycles. The third-order valence-electron chi connectivity index (χ3n) is 3.59. The zero-order valence-electron chi connectivity index (χ0n) is 12.4. The fraction of sp³-hybridized carbons (Fsp3) is 0.938. The van der Waals surface area contributed by atoms with Crippen LogP contribution in [0, 0.1) is 0 Å². The van der Waals surface area contributed by atoms with Crippen LogP contribution in [0.4, 0.5) is 0 Å². The second-order valence-electron chi connectivity index (χ2n) is 5.45. The summed E-state index contributed by atoms with van der Waals surface area (Å²) in [6, 6.07) is 0. The Balaban J connectivity index is 3.20. The second-order valence-corrected chi connectivity index (χ2v) is 5.45. The van der Waals surface area contributed by atoms with Gasteiger partial charge >= 0.3 is 0 Å². The summed E-state index contributed by atoms with van der Waals surface area (Å²) in [5.41, 5.74) is 0. The van der Waals surface area contributed by atoms with Crippen molar-refractivity contribution in [3.63, 3.8) is 0 Å². The summed E-state index contributed by atoms with van der Waals surface area (Å²) >= 11 is 0. The van der Waals surface area contributed by atoms with E-state index >= 15 is 0 Å². The van der Waals surface area contributed by atoms with Gasteiger partial charge in [-0.1, -0.05) is 71.1 Å². The molecule has 3 heteroatoms. The van der Waals surface area contributed by atoms with Crippen LogP contribution in [-0.4, -0.2) is 28.7 Å². The molecule has 0 aromatic heterocycles. The number of unbranched alkanes of at least 4 members (excludes halogenated alkanes) is 9. The summed E-state index contributed by atoms with van der Waals surface area (Å²) in [6.45, 7) is 2.23. The Hall–Kier alpha value is -0.410. The van der Waals surface area contributed by atoms with Gasteiger partial charge in [-0.05, 0) is 6.42 Å². The average Bonchev–Trinajstić information content (AvgIpc) is 2.41. The third kappa shape index (κ3) is 12.4. The van der Waals surface area contributed by atoms with Gasteiger partial charge in [0.1, 0.15) is 0 Å². The number of aliphatic hydroxyl groups excluding tert-OH is 2. The Bertz CT molecular complexity index is 194. The number of hydrogen-bond acceptors (Lipinski definition) is 3. The molecular weight excluding hydrogens is 240 g/mol. The molecule has 113 valence electrons. The van der Waals surface area contributed by atoms with E-state index in [0.29, 0.717) is 6.42 Å². The molecule has 0 saturated heterocycles. The van der Waals surface area contributed by atoms with E-state index in [0.717, 1.165) is 12.8 Å². The highest BCUT2D eigenvalue weighted by molar-refractivity contribution is 5.51. The van der Waals surface area contributed by atoms with Crippen LogP contribution in [0.3, 0.4) is 0 Å². The minimum atomic E-state index is -0.934. The van der Waals surface area contributed by atoms with E-state index in [4.69, 9.17) is 0 Å². The lowest BCUT2D eigenvalue weighted by Crippen LogP contribution is -2.25. The molecule has 2 N–H and O–H groups in total. The summed E-state index contributed by atoms with van der Waals surface area (Å²) in [5.74, 6) is 0. The Morgan fingerprint density at radius 3 is 1.74 bits per heavy atom. The van der Waals surface area contributed by atoms with Crippen LogP contribution < -0.4 is 0 Å². The Morgan fingerprint density at radius 1 is 0.789 bits per heavy atom. The van der Waals surface area contributed by atoms with Crippen molar-refractivity contribution in [2.24, 2.45) is 0 Å². The molecule has 0 aliphatic heterocycles. The molecule has 0 bridgehead atoms. The van der Waals surface area contributed by atoms with E-state index in [2.05, 4.69) is 6.92 Å². The maximum absolute atomic E-state index is 10.1. The molecule has 0 saturated carbocycles. The Kier molecular flexibility index (Phi) is 13.7. The Labute approximate surface area is 118 Å². The highest BCUT2D eigenvalue weighted by Crippen LogP contribution is 2.13. The molecular formula is C16H31O3. The first kappa shape index (κ1) is 18.6. The largest absolute Gasteiger partial charge is 0.390 e. The molecule has 0 heterocycles. The standard InChI is InChI=1S/C16H31O3/c1-2-3-4-5-6-7-8-9-10-11-12-15(18)16(19)13-14-17/h15-16,18-19H,2-13H2,1H3. The quantitative estimate of drug-likeness (QED) is 0.475. The van der Waals surface area contributed by atoms with E-state index in [1.165, 1.54) is 51.4 Å². The van der Waals surface area contributed by atoms with Crippen molar-refractivity contribution in [3.05, 3.63) is 0 Å². The predicted octanol–water partition coefficient (Wildman–Crippen LogP) is 3.52. The van der Waals surface area contributed by atoms with Crippen LogP contribution in [0.2, 0.25) is 0 Å². The lowest BCUT2D eigenvalue weighted by atomic mass is 10.0. The van der Waals surface area contributed by atoms with E-state index in [1.54, 1.807) is 6.29 Å². The fourth-order valence-corrected chi connectivity index (χ4v) is 2.25. The lowest BCUT2D eigenvalue weighted by Gasteiger charge is -2.14. The molecule has 0 rings (SSSR count). The van der Waals surface area contributed by atoms with Crippen LogP contribution in [0.25, 0.3) is 0 Å². The second kappa shape index (κ2) is 14.0. The number of carbonyl (C=O) groups excluding carboxylic acids is 1. The van der Waals surface area contributed by atoms with Crippen LogP contribution in [0.1, 0.15) is 84.0 Å².